The third kappa shape index (κ3) is 6.57. The molecule has 3 aromatic rings. The number of benzene rings is 2. The van der Waals surface area contributed by atoms with Crippen LogP contribution in [0.3, 0.4) is 0 Å². The topological polar surface area (TPSA) is 108 Å². The van der Waals surface area contributed by atoms with Crippen molar-refractivity contribution in [1.29, 1.82) is 0 Å². The predicted octanol–water partition coefficient (Wildman–Crippen LogP) is 6.81. The monoisotopic (exact) mass is 584 g/mol. The van der Waals surface area contributed by atoms with Crippen molar-refractivity contribution in [1.82, 2.24) is 9.97 Å². The molecule has 0 saturated heterocycles. The van der Waals surface area contributed by atoms with Crippen LogP contribution in [0.25, 0.3) is 0 Å². The molecular formula is C27H26F6N4O4. The van der Waals surface area contributed by atoms with Crippen LogP contribution in [-0.2, 0) is 23.5 Å². The van der Waals surface area contributed by atoms with E-state index < -0.39 is 47.8 Å². The number of nitrogens with zero attached hydrogens (tertiary/aromatic N) is 3. The quantitative estimate of drug-likeness (QED) is 0.273. The molecule has 0 saturated carbocycles. The van der Waals surface area contributed by atoms with Crippen molar-refractivity contribution in [3.63, 3.8) is 0 Å². The molecule has 1 aromatic heterocycles. The van der Waals surface area contributed by atoms with Crippen molar-refractivity contribution >= 4 is 17.7 Å². The first kappa shape index (κ1) is 29.7. The molecule has 2 atom stereocenters. The van der Waals surface area contributed by atoms with Gasteiger partial charge in [0.15, 0.2) is 5.75 Å². The molecule has 8 nitrogen and oxygen atoms in total. The Morgan fingerprint density at radius 3 is 2.29 bits per heavy atom. The van der Waals surface area contributed by atoms with E-state index in [1.54, 1.807) is 13.0 Å². The van der Waals surface area contributed by atoms with Crippen LogP contribution < -0.4 is 10.2 Å². The molecule has 2 heterocycles. The lowest BCUT2D eigenvalue weighted by Gasteiger charge is -2.40. The number of hydrogen-bond donors (Lipinski definition) is 3. The van der Waals surface area contributed by atoms with E-state index in [9.17, 15) is 41.4 Å². The molecule has 1 aliphatic rings. The Balaban J connectivity index is 1.68. The zero-order valence-corrected chi connectivity index (χ0v) is 21.8. The van der Waals surface area contributed by atoms with Crippen LogP contribution in [0, 0.1) is 0 Å². The van der Waals surface area contributed by atoms with Gasteiger partial charge in [0, 0.05) is 18.0 Å². The number of phenols is 1. The molecule has 1 amide bonds. The number of aromatic hydroxyl groups is 2. The molecule has 0 bridgehead atoms. The number of anilines is 2. The van der Waals surface area contributed by atoms with Gasteiger partial charge in [0.2, 0.25) is 5.95 Å². The highest BCUT2D eigenvalue weighted by molar-refractivity contribution is 5.90. The molecule has 4 rings (SSSR count). The van der Waals surface area contributed by atoms with E-state index in [1.165, 1.54) is 17.0 Å². The Bertz CT molecular complexity index is 1400. The minimum Gasteiger partial charge on any atom is -0.508 e. The fraction of sp³-hybridized carbons (Fsp3) is 0.370. The number of fused-ring (bicyclic) bond motifs is 1. The van der Waals surface area contributed by atoms with E-state index in [2.05, 4.69) is 15.3 Å². The lowest BCUT2D eigenvalue weighted by molar-refractivity contribution is -0.143. The minimum atomic E-state index is -5.02. The predicted molar refractivity (Wildman–Crippen MR) is 136 cm³/mol. The largest absolute Gasteiger partial charge is 0.508 e. The second kappa shape index (κ2) is 11.3. The lowest BCUT2D eigenvalue weighted by Crippen LogP contribution is -2.46. The maximum Gasteiger partial charge on any atom is 0.416 e. The number of alkyl halides is 6. The zero-order valence-electron chi connectivity index (χ0n) is 21.8. The van der Waals surface area contributed by atoms with Gasteiger partial charge in [-0.25, -0.2) is 14.8 Å². The fourth-order valence-electron chi connectivity index (χ4n) is 4.75. The van der Waals surface area contributed by atoms with Crippen molar-refractivity contribution in [2.75, 3.05) is 16.8 Å². The summed E-state index contributed by atoms with van der Waals surface area (Å²) in [4.78, 5) is 22.4. The summed E-state index contributed by atoms with van der Waals surface area (Å²) >= 11 is 0. The van der Waals surface area contributed by atoms with Crippen LogP contribution in [-0.4, -0.2) is 38.9 Å². The van der Waals surface area contributed by atoms with Crippen LogP contribution in [0.2, 0.25) is 0 Å². The van der Waals surface area contributed by atoms with Gasteiger partial charge in [-0.15, -0.1) is 0 Å². The number of ether oxygens (including phenoxy) is 1. The summed E-state index contributed by atoms with van der Waals surface area (Å²) in [5.41, 5.74) is -2.55. The molecular weight excluding hydrogens is 558 g/mol. The summed E-state index contributed by atoms with van der Waals surface area (Å²) in [5, 5.41) is 23.5. The van der Waals surface area contributed by atoms with Gasteiger partial charge >= 0.3 is 18.4 Å². The second-order valence-corrected chi connectivity index (χ2v) is 9.42. The van der Waals surface area contributed by atoms with Gasteiger partial charge in [0.05, 0.1) is 41.4 Å². The van der Waals surface area contributed by atoms with Gasteiger partial charge in [-0.1, -0.05) is 6.92 Å². The molecule has 0 fully saturated rings. The summed E-state index contributed by atoms with van der Waals surface area (Å²) in [6.45, 7) is 3.70. The first-order valence-corrected chi connectivity index (χ1v) is 12.6. The van der Waals surface area contributed by atoms with Crippen LogP contribution in [0.15, 0.2) is 42.6 Å². The standard InChI is InChI=1S/C27H26F6N4O4/c1-3-17-11-20(19-12-18(38)5-6-22(19)37(17)25(40)41-4-2)35-24-34-13-23(39)21(36-24)9-14-7-15(26(28,29)30)10-16(8-14)27(31,32)33/h5-8,10,12-13,17,20,38-39H,3-4,9,11H2,1-2H3,(H,34,35,36). The van der Waals surface area contributed by atoms with E-state index >= 15 is 0 Å². The Labute approximate surface area is 230 Å². The molecule has 1 aliphatic heterocycles. The first-order valence-electron chi connectivity index (χ1n) is 12.6. The number of hydrogen-bond acceptors (Lipinski definition) is 7. The van der Waals surface area contributed by atoms with Gasteiger partial charge < -0.3 is 20.3 Å². The summed E-state index contributed by atoms with van der Waals surface area (Å²) in [6, 6.07) is 4.71. The molecule has 0 radical (unpaired) electrons. The van der Waals surface area contributed by atoms with Gasteiger partial charge in [-0.3, -0.25) is 4.90 Å². The average Bonchev–Trinajstić information content (AvgIpc) is 2.89. The van der Waals surface area contributed by atoms with Crippen molar-refractivity contribution in [3.8, 4) is 11.5 Å². The number of nitrogens with one attached hydrogen (secondary N) is 1. The maximum absolute atomic E-state index is 13.3. The molecule has 41 heavy (non-hydrogen) atoms. The van der Waals surface area contributed by atoms with Crippen LogP contribution in [0.5, 0.6) is 11.5 Å². The fourth-order valence-corrected chi connectivity index (χ4v) is 4.75. The molecule has 3 N–H and O–H groups in total. The Kier molecular flexibility index (Phi) is 8.22. The van der Waals surface area contributed by atoms with E-state index in [4.69, 9.17) is 4.74 Å². The van der Waals surface area contributed by atoms with Gasteiger partial charge in [0.25, 0.3) is 0 Å². The number of phenolic OH excluding ortho intramolecular Hbond substituents is 1. The van der Waals surface area contributed by atoms with E-state index in [1.807, 2.05) is 6.92 Å². The Morgan fingerprint density at radius 1 is 1.05 bits per heavy atom. The van der Waals surface area contributed by atoms with Gasteiger partial charge in [0.1, 0.15) is 5.75 Å². The summed E-state index contributed by atoms with van der Waals surface area (Å²) in [7, 11) is 0. The van der Waals surface area contributed by atoms with Crippen molar-refractivity contribution in [3.05, 3.63) is 70.5 Å². The normalized spacial score (nSPS) is 17.2. The summed E-state index contributed by atoms with van der Waals surface area (Å²) in [5.74, 6) is -0.672. The Hall–Kier alpha value is -4.23. The molecule has 2 unspecified atom stereocenters. The van der Waals surface area contributed by atoms with Crippen molar-refractivity contribution in [2.45, 2.75) is 57.5 Å². The number of aromatic nitrogens is 2. The molecule has 2 aromatic carbocycles. The highest BCUT2D eigenvalue weighted by Gasteiger charge is 2.38. The lowest BCUT2D eigenvalue weighted by atomic mass is 9.90. The summed E-state index contributed by atoms with van der Waals surface area (Å²) in [6.07, 6.45) is -9.31. The third-order valence-corrected chi connectivity index (χ3v) is 6.62. The number of carbonyl (C=O) groups is 1. The molecule has 0 spiro atoms. The van der Waals surface area contributed by atoms with Gasteiger partial charge in [-0.05, 0) is 61.7 Å². The molecule has 220 valence electrons. The number of rotatable bonds is 6. The highest BCUT2D eigenvalue weighted by Crippen LogP contribution is 2.42. The zero-order chi connectivity index (χ0) is 30.1. The highest BCUT2D eigenvalue weighted by atomic mass is 19.4. The van der Waals surface area contributed by atoms with Crippen LogP contribution in [0.4, 0.5) is 42.8 Å². The van der Waals surface area contributed by atoms with E-state index in [-0.39, 0.29) is 41.7 Å². The third-order valence-electron chi connectivity index (χ3n) is 6.62. The molecule has 14 heteroatoms. The first-order chi connectivity index (χ1) is 19.2. The smallest absolute Gasteiger partial charge is 0.416 e. The average molecular weight is 585 g/mol. The Morgan fingerprint density at radius 2 is 1.71 bits per heavy atom. The van der Waals surface area contributed by atoms with Gasteiger partial charge in [-0.2, -0.15) is 26.3 Å². The number of carbonyl (C=O) groups excluding carboxylic acids is 1. The number of amides is 1. The minimum absolute atomic E-state index is 0.0238. The maximum atomic E-state index is 13.3. The second-order valence-electron chi connectivity index (χ2n) is 9.42. The van der Waals surface area contributed by atoms with E-state index in [0.29, 0.717) is 36.2 Å². The van der Waals surface area contributed by atoms with Crippen LogP contribution in [0.1, 0.15) is 60.7 Å². The van der Waals surface area contributed by atoms with Crippen LogP contribution >= 0.6 is 0 Å². The summed E-state index contributed by atoms with van der Waals surface area (Å²) < 4.78 is 85.1. The SMILES string of the molecule is CCOC(=O)N1c2ccc(O)cc2C(Nc2ncc(O)c(Cc3cc(C(F)(F)F)cc(C(F)(F)F)c3)n2)CC1CC. The van der Waals surface area contributed by atoms with E-state index in [0.717, 1.165) is 6.20 Å². The van der Waals surface area contributed by atoms with Crippen molar-refractivity contribution < 1.29 is 46.1 Å². The molecule has 0 aliphatic carbocycles. The number of halogens is 6. The van der Waals surface area contributed by atoms with Crippen molar-refractivity contribution in [2.24, 2.45) is 0 Å².